The SMILES string of the molecule is CCc1nnsc1C(=O)N1CCC[C@@H](c2nccn2CCN(C)C)C1. The molecule has 0 spiro atoms. The van der Waals surface area contributed by atoms with E-state index in [9.17, 15) is 4.79 Å². The van der Waals surface area contributed by atoms with Crippen LogP contribution in [0.1, 0.15) is 46.9 Å². The number of rotatable bonds is 6. The van der Waals surface area contributed by atoms with E-state index in [0.717, 1.165) is 57.0 Å². The smallest absolute Gasteiger partial charge is 0.267 e. The maximum atomic E-state index is 12.9. The van der Waals surface area contributed by atoms with Gasteiger partial charge in [-0.15, -0.1) is 5.10 Å². The summed E-state index contributed by atoms with van der Waals surface area (Å²) >= 11 is 1.21. The fraction of sp³-hybridized carbons (Fsp3) is 0.647. The molecule has 2 aromatic rings. The number of hydrogen-bond acceptors (Lipinski definition) is 6. The number of aryl methyl sites for hydroxylation is 1. The van der Waals surface area contributed by atoms with Crippen LogP contribution in [0.4, 0.5) is 0 Å². The van der Waals surface area contributed by atoms with Gasteiger partial charge in [-0.1, -0.05) is 11.4 Å². The molecule has 1 aliphatic heterocycles. The standard InChI is InChI=1S/C17H26N6OS/c1-4-14-15(25-20-19-14)17(24)23-8-5-6-13(12-23)16-18-7-9-22(16)11-10-21(2)3/h7,9,13H,4-6,8,10-12H2,1-3H3/t13-/m1/s1. The highest BCUT2D eigenvalue weighted by atomic mass is 32.1. The van der Waals surface area contributed by atoms with Gasteiger partial charge in [0.2, 0.25) is 0 Å². The highest BCUT2D eigenvalue weighted by Gasteiger charge is 2.30. The van der Waals surface area contributed by atoms with Crippen molar-refractivity contribution in [1.29, 1.82) is 0 Å². The highest BCUT2D eigenvalue weighted by Crippen LogP contribution is 2.27. The van der Waals surface area contributed by atoms with Gasteiger partial charge in [0.25, 0.3) is 5.91 Å². The number of carbonyl (C=O) groups is 1. The van der Waals surface area contributed by atoms with Crippen molar-refractivity contribution in [2.45, 2.75) is 38.6 Å². The molecule has 1 amide bonds. The lowest BCUT2D eigenvalue weighted by Crippen LogP contribution is -2.40. The number of hydrogen-bond donors (Lipinski definition) is 0. The van der Waals surface area contributed by atoms with Crippen LogP contribution in [-0.4, -0.2) is 68.6 Å². The van der Waals surface area contributed by atoms with Gasteiger partial charge in [-0.3, -0.25) is 4.79 Å². The van der Waals surface area contributed by atoms with Crippen molar-refractivity contribution >= 4 is 17.4 Å². The van der Waals surface area contributed by atoms with Crippen LogP contribution in [0.3, 0.4) is 0 Å². The topological polar surface area (TPSA) is 67.2 Å². The Balaban J connectivity index is 1.71. The monoisotopic (exact) mass is 362 g/mol. The Hall–Kier alpha value is -1.80. The van der Waals surface area contributed by atoms with Gasteiger partial charge >= 0.3 is 0 Å². The third kappa shape index (κ3) is 4.07. The molecule has 0 N–H and O–H groups in total. The molecule has 0 aliphatic carbocycles. The van der Waals surface area contributed by atoms with E-state index in [1.807, 2.05) is 24.2 Å². The molecule has 8 heteroatoms. The van der Waals surface area contributed by atoms with E-state index in [1.54, 1.807) is 0 Å². The molecule has 0 radical (unpaired) electrons. The third-order valence-corrected chi connectivity index (χ3v) is 5.45. The van der Waals surface area contributed by atoms with Gasteiger partial charge < -0.3 is 14.4 Å². The Bertz CT molecular complexity index is 710. The first-order valence-corrected chi connectivity index (χ1v) is 9.63. The molecule has 1 aliphatic rings. The summed E-state index contributed by atoms with van der Waals surface area (Å²) in [5, 5.41) is 4.07. The summed E-state index contributed by atoms with van der Waals surface area (Å²) in [6, 6.07) is 0. The van der Waals surface area contributed by atoms with Crippen molar-refractivity contribution in [3.63, 3.8) is 0 Å². The minimum atomic E-state index is 0.0722. The molecule has 7 nitrogen and oxygen atoms in total. The molecule has 136 valence electrons. The summed E-state index contributed by atoms with van der Waals surface area (Å²) in [7, 11) is 4.15. The van der Waals surface area contributed by atoms with Gasteiger partial charge in [0.1, 0.15) is 10.7 Å². The number of likely N-dealkylation sites (N-methyl/N-ethyl adjacent to an activating group) is 1. The van der Waals surface area contributed by atoms with E-state index in [0.29, 0.717) is 10.8 Å². The predicted octanol–water partition coefficient (Wildman–Crippen LogP) is 1.88. The van der Waals surface area contributed by atoms with Crippen LogP contribution in [0.25, 0.3) is 0 Å². The van der Waals surface area contributed by atoms with E-state index < -0.39 is 0 Å². The number of aromatic nitrogens is 4. The molecule has 0 bridgehead atoms. The largest absolute Gasteiger partial charge is 0.337 e. The van der Waals surface area contributed by atoms with Gasteiger partial charge in [-0.2, -0.15) is 0 Å². The van der Waals surface area contributed by atoms with Crippen molar-refractivity contribution in [2.24, 2.45) is 0 Å². The second kappa shape index (κ2) is 8.05. The second-order valence-corrected chi connectivity index (χ2v) is 7.53. The molecule has 3 heterocycles. The summed E-state index contributed by atoms with van der Waals surface area (Å²) in [4.78, 5) is 22.3. The summed E-state index contributed by atoms with van der Waals surface area (Å²) in [6.45, 7) is 5.43. The summed E-state index contributed by atoms with van der Waals surface area (Å²) in [5.41, 5.74) is 0.810. The average molecular weight is 363 g/mol. The molecule has 0 unspecified atom stereocenters. The molecular formula is C17H26N6OS. The zero-order chi connectivity index (χ0) is 17.8. The van der Waals surface area contributed by atoms with E-state index >= 15 is 0 Å². The van der Waals surface area contributed by atoms with Gasteiger partial charge in [0.15, 0.2) is 0 Å². The third-order valence-electron chi connectivity index (χ3n) is 4.69. The molecule has 1 saturated heterocycles. The van der Waals surface area contributed by atoms with Gasteiger partial charge in [0, 0.05) is 44.5 Å². The van der Waals surface area contributed by atoms with Crippen LogP contribution in [0.2, 0.25) is 0 Å². The van der Waals surface area contributed by atoms with Crippen LogP contribution < -0.4 is 0 Å². The zero-order valence-corrected chi connectivity index (χ0v) is 16.0. The van der Waals surface area contributed by atoms with Crippen molar-refractivity contribution in [3.8, 4) is 0 Å². The Morgan fingerprint density at radius 3 is 3.04 bits per heavy atom. The first-order valence-electron chi connectivity index (χ1n) is 8.86. The van der Waals surface area contributed by atoms with Crippen LogP contribution in [0, 0.1) is 0 Å². The van der Waals surface area contributed by atoms with Crippen LogP contribution in [0.15, 0.2) is 12.4 Å². The molecule has 0 aromatic carbocycles. The van der Waals surface area contributed by atoms with Gasteiger partial charge in [-0.05, 0) is 44.9 Å². The average Bonchev–Trinajstić information content (AvgIpc) is 3.28. The van der Waals surface area contributed by atoms with Gasteiger partial charge in [0.05, 0.1) is 5.69 Å². The fourth-order valence-corrected chi connectivity index (χ4v) is 4.01. The highest BCUT2D eigenvalue weighted by molar-refractivity contribution is 7.08. The number of amides is 1. The van der Waals surface area contributed by atoms with Crippen LogP contribution >= 0.6 is 11.5 Å². The van der Waals surface area contributed by atoms with Crippen LogP contribution in [-0.2, 0) is 13.0 Å². The second-order valence-electron chi connectivity index (χ2n) is 6.77. The normalized spacial score (nSPS) is 18.1. The number of nitrogens with zero attached hydrogens (tertiary/aromatic N) is 6. The van der Waals surface area contributed by atoms with Crippen LogP contribution in [0.5, 0.6) is 0 Å². The lowest BCUT2D eigenvalue weighted by Gasteiger charge is -2.32. The summed E-state index contributed by atoms with van der Waals surface area (Å²) in [6.07, 6.45) is 6.73. The number of carbonyl (C=O) groups excluding carboxylic acids is 1. The lowest BCUT2D eigenvalue weighted by atomic mass is 9.96. The van der Waals surface area contributed by atoms with Crippen molar-refractivity contribution < 1.29 is 4.79 Å². The minimum Gasteiger partial charge on any atom is -0.337 e. The minimum absolute atomic E-state index is 0.0722. The zero-order valence-electron chi connectivity index (χ0n) is 15.2. The van der Waals surface area contributed by atoms with Crippen molar-refractivity contribution in [3.05, 3.63) is 28.8 Å². The molecule has 2 aromatic heterocycles. The number of likely N-dealkylation sites (tertiary alicyclic amines) is 1. The van der Waals surface area contributed by atoms with E-state index in [2.05, 4.69) is 38.1 Å². The summed E-state index contributed by atoms with van der Waals surface area (Å²) < 4.78 is 6.18. The summed E-state index contributed by atoms with van der Waals surface area (Å²) in [5.74, 6) is 1.46. The van der Waals surface area contributed by atoms with E-state index in [1.165, 1.54) is 11.5 Å². The van der Waals surface area contributed by atoms with Gasteiger partial charge in [-0.25, -0.2) is 4.98 Å². The van der Waals surface area contributed by atoms with Crippen molar-refractivity contribution in [1.82, 2.24) is 28.9 Å². The van der Waals surface area contributed by atoms with E-state index in [4.69, 9.17) is 0 Å². The van der Waals surface area contributed by atoms with E-state index in [-0.39, 0.29) is 5.91 Å². The Labute approximate surface area is 152 Å². The predicted molar refractivity (Wildman–Crippen MR) is 97.9 cm³/mol. The first-order chi connectivity index (χ1) is 12.1. The van der Waals surface area contributed by atoms with Crippen molar-refractivity contribution in [2.75, 3.05) is 33.7 Å². The molecule has 0 saturated carbocycles. The lowest BCUT2D eigenvalue weighted by molar-refractivity contribution is 0.0707. The Morgan fingerprint density at radius 1 is 1.44 bits per heavy atom. The molecular weight excluding hydrogens is 336 g/mol. The number of piperidine rings is 1. The molecule has 3 rings (SSSR count). The fourth-order valence-electron chi connectivity index (χ4n) is 3.30. The molecule has 1 fully saturated rings. The number of imidazole rings is 1. The quantitative estimate of drug-likeness (QED) is 0.785. The Kier molecular flexibility index (Phi) is 5.80. The maximum absolute atomic E-state index is 12.9. The maximum Gasteiger partial charge on any atom is 0.267 e. The molecule has 25 heavy (non-hydrogen) atoms. The Morgan fingerprint density at radius 2 is 2.28 bits per heavy atom. The first kappa shape index (κ1) is 18.0. The molecule has 1 atom stereocenters.